The molecule has 98 valence electrons. The summed E-state index contributed by atoms with van der Waals surface area (Å²) in [6, 6.07) is 5.69. The molecule has 0 heterocycles. The summed E-state index contributed by atoms with van der Waals surface area (Å²) in [6.45, 7) is 2.26. The summed E-state index contributed by atoms with van der Waals surface area (Å²) in [5.74, 6) is 1.09. The first-order valence-electron chi connectivity index (χ1n) is 6.34. The van der Waals surface area contributed by atoms with Gasteiger partial charge in [-0.25, -0.2) is 0 Å². The number of rotatable bonds is 4. The zero-order valence-corrected chi connectivity index (χ0v) is 10.9. The molecule has 1 aromatic carbocycles. The van der Waals surface area contributed by atoms with Crippen LogP contribution in [0.25, 0.3) is 0 Å². The summed E-state index contributed by atoms with van der Waals surface area (Å²) in [7, 11) is 1.63. The minimum absolute atomic E-state index is 0.416. The minimum atomic E-state index is -0.416. The number of nitrogens with two attached hydrogens (primary N) is 1. The SMILES string of the molecule is COc1ccc(C(N)=O)cc1NC1CCC(C)C1. The van der Waals surface area contributed by atoms with Crippen molar-refractivity contribution in [2.45, 2.75) is 32.2 Å². The molecule has 1 amide bonds. The van der Waals surface area contributed by atoms with Gasteiger partial charge in [0, 0.05) is 11.6 Å². The van der Waals surface area contributed by atoms with Crippen molar-refractivity contribution in [3.05, 3.63) is 23.8 Å². The normalized spacial score (nSPS) is 22.8. The number of anilines is 1. The maximum Gasteiger partial charge on any atom is 0.248 e. The molecule has 4 nitrogen and oxygen atoms in total. The van der Waals surface area contributed by atoms with Crippen LogP contribution in [0.2, 0.25) is 0 Å². The minimum Gasteiger partial charge on any atom is -0.495 e. The highest BCUT2D eigenvalue weighted by molar-refractivity contribution is 5.94. The number of amides is 1. The predicted octanol–water partition coefficient (Wildman–Crippen LogP) is 2.39. The van der Waals surface area contributed by atoms with E-state index in [4.69, 9.17) is 10.5 Å². The van der Waals surface area contributed by atoms with Gasteiger partial charge in [0.2, 0.25) is 5.91 Å². The van der Waals surface area contributed by atoms with E-state index in [1.807, 2.05) is 0 Å². The molecular formula is C14H20N2O2. The lowest BCUT2D eigenvalue weighted by molar-refractivity contribution is 0.100. The largest absolute Gasteiger partial charge is 0.495 e. The average molecular weight is 248 g/mol. The summed E-state index contributed by atoms with van der Waals surface area (Å²) in [4.78, 5) is 11.2. The number of carbonyl (C=O) groups is 1. The number of benzene rings is 1. The van der Waals surface area contributed by atoms with Crippen LogP contribution in [0, 0.1) is 5.92 Å². The van der Waals surface area contributed by atoms with Crippen LogP contribution < -0.4 is 15.8 Å². The third-order valence-electron chi connectivity index (χ3n) is 3.54. The number of ether oxygens (including phenoxy) is 1. The second kappa shape index (κ2) is 5.29. The molecule has 2 atom stereocenters. The molecule has 18 heavy (non-hydrogen) atoms. The molecule has 1 aliphatic rings. The topological polar surface area (TPSA) is 64.3 Å². The summed E-state index contributed by atoms with van der Waals surface area (Å²) in [5.41, 5.74) is 6.66. The number of primary amides is 1. The Morgan fingerprint density at radius 3 is 2.78 bits per heavy atom. The number of methoxy groups -OCH3 is 1. The van der Waals surface area contributed by atoms with E-state index >= 15 is 0 Å². The molecule has 0 bridgehead atoms. The second-order valence-electron chi connectivity index (χ2n) is 5.04. The molecule has 3 N–H and O–H groups in total. The number of hydrogen-bond donors (Lipinski definition) is 2. The Hall–Kier alpha value is -1.71. The van der Waals surface area contributed by atoms with Crippen molar-refractivity contribution in [1.29, 1.82) is 0 Å². The fourth-order valence-corrected chi connectivity index (χ4v) is 2.53. The first-order chi connectivity index (χ1) is 8.60. The van der Waals surface area contributed by atoms with Crippen LogP contribution in [0.5, 0.6) is 5.75 Å². The van der Waals surface area contributed by atoms with E-state index in [0.717, 1.165) is 30.2 Å². The van der Waals surface area contributed by atoms with E-state index in [1.165, 1.54) is 6.42 Å². The quantitative estimate of drug-likeness (QED) is 0.860. The molecule has 0 radical (unpaired) electrons. The van der Waals surface area contributed by atoms with Crippen LogP contribution in [-0.2, 0) is 0 Å². The monoisotopic (exact) mass is 248 g/mol. The summed E-state index contributed by atoms with van der Waals surface area (Å²) >= 11 is 0. The van der Waals surface area contributed by atoms with Crippen LogP contribution in [0.1, 0.15) is 36.5 Å². The maximum atomic E-state index is 11.2. The highest BCUT2D eigenvalue weighted by Gasteiger charge is 2.22. The van der Waals surface area contributed by atoms with Crippen LogP contribution in [0.4, 0.5) is 5.69 Å². The zero-order chi connectivity index (χ0) is 13.1. The van der Waals surface area contributed by atoms with Crippen molar-refractivity contribution >= 4 is 11.6 Å². The molecule has 0 aliphatic heterocycles. The molecule has 1 aromatic rings. The first kappa shape index (κ1) is 12.7. The molecule has 1 saturated carbocycles. The van der Waals surface area contributed by atoms with Crippen molar-refractivity contribution in [3.8, 4) is 5.75 Å². The number of nitrogens with one attached hydrogen (secondary N) is 1. The van der Waals surface area contributed by atoms with Crippen LogP contribution in [0.3, 0.4) is 0 Å². The Morgan fingerprint density at radius 2 is 2.22 bits per heavy atom. The molecule has 2 rings (SSSR count). The first-order valence-corrected chi connectivity index (χ1v) is 6.34. The van der Waals surface area contributed by atoms with E-state index in [2.05, 4.69) is 12.2 Å². The van der Waals surface area contributed by atoms with Crippen molar-refractivity contribution in [3.63, 3.8) is 0 Å². The predicted molar refractivity (Wildman–Crippen MR) is 71.9 cm³/mol. The molecule has 0 saturated heterocycles. The Morgan fingerprint density at radius 1 is 1.44 bits per heavy atom. The lowest BCUT2D eigenvalue weighted by Crippen LogP contribution is -2.17. The molecule has 2 unspecified atom stereocenters. The van der Waals surface area contributed by atoms with E-state index in [0.29, 0.717) is 11.6 Å². The molecule has 4 heteroatoms. The summed E-state index contributed by atoms with van der Waals surface area (Å²) in [5, 5.41) is 3.45. The average Bonchev–Trinajstić information content (AvgIpc) is 2.74. The molecule has 0 spiro atoms. The van der Waals surface area contributed by atoms with Crippen LogP contribution >= 0.6 is 0 Å². The lowest BCUT2D eigenvalue weighted by atomic mass is 10.1. The van der Waals surface area contributed by atoms with E-state index in [9.17, 15) is 4.79 Å². The smallest absolute Gasteiger partial charge is 0.248 e. The van der Waals surface area contributed by atoms with Gasteiger partial charge < -0.3 is 15.8 Å². The third kappa shape index (κ3) is 2.75. The molecule has 1 aliphatic carbocycles. The fourth-order valence-electron chi connectivity index (χ4n) is 2.53. The van der Waals surface area contributed by atoms with E-state index < -0.39 is 5.91 Å². The number of hydrogen-bond acceptors (Lipinski definition) is 3. The molecule has 1 fully saturated rings. The Balaban J connectivity index is 2.18. The second-order valence-corrected chi connectivity index (χ2v) is 5.04. The van der Waals surface area contributed by atoms with Gasteiger partial charge in [0.1, 0.15) is 5.75 Å². The standard InChI is InChI=1S/C14H20N2O2/c1-9-3-5-11(7-9)16-12-8-10(14(15)17)4-6-13(12)18-2/h4,6,8-9,11,16H,3,5,7H2,1-2H3,(H2,15,17). The van der Waals surface area contributed by atoms with Gasteiger partial charge in [-0.05, 0) is 43.4 Å². The third-order valence-corrected chi connectivity index (χ3v) is 3.54. The van der Waals surface area contributed by atoms with Gasteiger partial charge in [0.05, 0.1) is 12.8 Å². The van der Waals surface area contributed by atoms with Gasteiger partial charge in [-0.1, -0.05) is 6.92 Å². The van der Waals surface area contributed by atoms with Crippen molar-refractivity contribution in [1.82, 2.24) is 0 Å². The van der Waals surface area contributed by atoms with Crippen LogP contribution in [-0.4, -0.2) is 19.1 Å². The highest BCUT2D eigenvalue weighted by Crippen LogP contribution is 2.31. The summed E-state index contributed by atoms with van der Waals surface area (Å²) < 4.78 is 5.30. The molecular weight excluding hydrogens is 228 g/mol. The van der Waals surface area contributed by atoms with Gasteiger partial charge in [-0.3, -0.25) is 4.79 Å². The van der Waals surface area contributed by atoms with Crippen molar-refractivity contribution < 1.29 is 9.53 Å². The highest BCUT2D eigenvalue weighted by atomic mass is 16.5. The Bertz CT molecular complexity index is 445. The maximum absolute atomic E-state index is 11.2. The number of carbonyl (C=O) groups excluding carboxylic acids is 1. The van der Waals surface area contributed by atoms with Gasteiger partial charge in [0.25, 0.3) is 0 Å². The lowest BCUT2D eigenvalue weighted by Gasteiger charge is -2.17. The zero-order valence-electron chi connectivity index (χ0n) is 10.9. The van der Waals surface area contributed by atoms with Gasteiger partial charge in [-0.2, -0.15) is 0 Å². The fraction of sp³-hybridized carbons (Fsp3) is 0.500. The van der Waals surface area contributed by atoms with Gasteiger partial charge in [0.15, 0.2) is 0 Å². The van der Waals surface area contributed by atoms with E-state index in [1.54, 1.807) is 25.3 Å². The Labute approximate surface area is 108 Å². The van der Waals surface area contributed by atoms with Crippen molar-refractivity contribution in [2.24, 2.45) is 11.7 Å². The van der Waals surface area contributed by atoms with Gasteiger partial charge >= 0.3 is 0 Å². The Kier molecular flexibility index (Phi) is 3.75. The molecule has 0 aromatic heterocycles. The summed E-state index contributed by atoms with van der Waals surface area (Å²) in [6.07, 6.45) is 3.56. The van der Waals surface area contributed by atoms with Gasteiger partial charge in [-0.15, -0.1) is 0 Å². The van der Waals surface area contributed by atoms with Crippen molar-refractivity contribution in [2.75, 3.05) is 12.4 Å². The van der Waals surface area contributed by atoms with E-state index in [-0.39, 0.29) is 0 Å². The van der Waals surface area contributed by atoms with Crippen LogP contribution in [0.15, 0.2) is 18.2 Å².